The number of aliphatic hydroxyl groups excluding tert-OH is 1. The van der Waals surface area contributed by atoms with Gasteiger partial charge in [0, 0.05) is 17.8 Å². The summed E-state index contributed by atoms with van der Waals surface area (Å²) in [5.74, 6) is 0. The minimum Gasteiger partial charge on any atom is -0.389 e. The molecule has 1 unspecified atom stereocenters. The van der Waals surface area contributed by atoms with Crippen molar-refractivity contribution in [3.05, 3.63) is 64.2 Å². The van der Waals surface area contributed by atoms with Crippen LogP contribution in [-0.4, -0.2) is 5.11 Å². The van der Waals surface area contributed by atoms with Gasteiger partial charge in [0.05, 0.1) is 6.10 Å². The lowest BCUT2D eigenvalue weighted by molar-refractivity contribution is 0.200. The minimum absolute atomic E-state index is 0.459. The maximum Gasteiger partial charge on any atom is 0.0781 e. The second-order valence-electron chi connectivity index (χ2n) is 5.48. The van der Waals surface area contributed by atoms with Crippen LogP contribution < -0.4 is 5.32 Å². The van der Waals surface area contributed by atoms with Gasteiger partial charge < -0.3 is 10.4 Å². The molecular formula is C18H23NO. The molecule has 0 aliphatic carbocycles. The van der Waals surface area contributed by atoms with Crippen LogP contribution in [0, 0.1) is 20.8 Å². The lowest BCUT2D eigenvalue weighted by atomic mass is 10.0. The molecule has 20 heavy (non-hydrogen) atoms. The highest BCUT2D eigenvalue weighted by Crippen LogP contribution is 2.23. The molecular weight excluding hydrogens is 246 g/mol. The zero-order valence-corrected chi connectivity index (χ0v) is 12.7. The molecule has 2 nitrogen and oxygen atoms in total. The number of benzene rings is 2. The standard InChI is InChI=1S/C18H23NO/c1-12-9-14(3)16(10-13(12)2)11-19-18-8-6-5-7-17(18)15(4)20/h5-10,15,19-20H,11H2,1-4H3. The van der Waals surface area contributed by atoms with Crippen LogP contribution in [0.3, 0.4) is 0 Å². The molecule has 0 amide bonds. The Hall–Kier alpha value is -1.80. The van der Waals surface area contributed by atoms with Crippen molar-refractivity contribution in [2.75, 3.05) is 5.32 Å². The highest BCUT2D eigenvalue weighted by Gasteiger charge is 2.07. The smallest absolute Gasteiger partial charge is 0.0781 e. The molecule has 2 aromatic carbocycles. The lowest BCUT2D eigenvalue weighted by Gasteiger charge is -2.16. The fourth-order valence-corrected chi connectivity index (χ4v) is 2.42. The lowest BCUT2D eigenvalue weighted by Crippen LogP contribution is -2.06. The Labute approximate surface area is 121 Å². The van der Waals surface area contributed by atoms with Gasteiger partial charge in [-0.2, -0.15) is 0 Å². The van der Waals surface area contributed by atoms with Gasteiger partial charge in [0.15, 0.2) is 0 Å². The van der Waals surface area contributed by atoms with Crippen LogP contribution >= 0.6 is 0 Å². The van der Waals surface area contributed by atoms with Gasteiger partial charge in [0.25, 0.3) is 0 Å². The molecule has 0 heterocycles. The van der Waals surface area contributed by atoms with Crippen molar-refractivity contribution >= 4 is 5.69 Å². The summed E-state index contributed by atoms with van der Waals surface area (Å²) in [5, 5.41) is 13.2. The van der Waals surface area contributed by atoms with E-state index in [1.165, 1.54) is 22.3 Å². The van der Waals surface area contributed by atoms with Gasteiger partial charge in [-0.05, 0) is 56.0 Å². The van der Waals surface area contributed by atoms with E-state index in [-0.39, 0.29) is 0 Å². The Balaban J connectivity index is 2.19. The topological polar surface area (TPSA) is 32.3 Å². The number of nitrogens with one attached hydrogen (secondary N) is 1. The number of hydrogen-bond acceptors (Lipinski definition) is 2. The molecule has 0 aliphatic heterocycles. The Morgan fingerprint density at radius 1 is 1.00 bits per heavy atom. The first-order valence-corrected chi connectivity index (χ1v) is 7.06. The summed E-state index contributed by atoms with van der Waals surface area (Å²) in [6.45, 7) is 8.99. The molecule has 0 fully saturated rings. The molecule has 2 heteroatoms. The normalized spacial score (nSPS) is 12.2. The monoisotopic (exact) mass is 269 g/mol. The maximum absolute atomic E-state index is 9.80. The predicted octanol–water partition coefficient (Wildman–Crippen LogP) is 4.28. The van der Waals surface area contributed by atoms with E-state index in [4.69, 9.17) is 0 Å². The fraction of sp³-hybridized carbons (Fsp3) is 0.333. The summed E-state index contributed by atoms with van der Waals surface area (Å²) in [5.41, 5.74) is 7.18. The third-order valence-corrected chi connectivity index (χ3v) is 3.83. The van der Waals surface area contributed by atoms with Crippen molar-refractivity contribution in [1.82, 2.24) is 0 Å². The molecule has 0 aromatic heterocycles. The number of rotatable bonds is 4. The summed E-state index contributed by atoms with van der Waals surface area (Å²) >= 11 is 0. The quantitative estimate of drug-likeness (QED) is 0.868. The SMILES string of the molecule is Cc1cc(C)c(CNc2ccccc2C(C)O)cc1C. The van der Waals surface area contributed by atoms with E-state index in [9.17, 15) is 5.11 Å². The van der Waals surface area contributed by atoms with Gasteiger partial charge in [0.1, 0.15) is 0 Å². The molecule has 1 atom stereocenters. The van der Waals surface area contributed by atoms with Gasteiger partial charge in [0.2, 0.25) is 0 Å². The summed E-state index contributed by atoms with van der Waals surface area (Å²) in [6.07, 6.45) is -0.459. The van der Waals surface area contributed by atoms with E-state index in [2.05, 4.69) is 38.2 Å². The van der Waals surface area contributed by atoms with Crippen LogP contribution in [0.15, 0.2) is 36.4 Å². The van der Waals surface area contributed by atoms with E-state index in [0.29, 0.717) is 0 Å². The summed E-state index contributed by atoms with van der Waals surface area (Å²) in [7, 11) is 0. The average molecular weight is 269 g/mol. The first-order chi connectivity index (χ1) is 9.49. The second kappa shape index (κ2) is 6.10. The van der Waals surface area contributed by atoms with Crippen LogP contribution in [0.1, 0.15) is 40.8 Å². The van der Waals surface area contributed by atoms with Crippen molar-refractivity contribution < 1.29 is 5.11 Å². The zero-order chi connectivity index (χ0) is 14.7. The molecule has 0 spiro atoms. The Kier molecular flexibility index (Phi) is 4.46. The fourth-order valence-electron chi connectivity index (χ4n) is 2.42. The van der Waals surface area contributed by atoms with Gasteiger partial charge in [-0.15, -0.1) is 0 Å². The molecule has 0 radical (unpaired) electrons. The molecule has 2 aromatic rings. The van der Waals surface area contributed by atoms with Crippen molar-refractivity contribution in [3.63, 3.8) is 0 Å². The molecule has 106 valence electrons. The van der Waals surface area contributed by atoms with E-state index in [0.717, 1.165) is 17.8 Å². The number of hydrogen-bond donors (Lipinski definition) is 2. The molecule has 2 N–H and O–H groups in total. The highest BCUT2D eigenvalue weighted by molar-refractivity contribution is 5.53. The van der Waals surface area contributed by atoms with E-state index < -0.39 is 6.10 Å². The largest absolute Gasteiger partial charge is 0.389 e. The van der Waals surface area contributed by atoms with Crippen molar-refractivity contribution in [1.29, 1.82) is 0 Å². The Bertz CT molecular complexity index is 602. The van der Waals surface area contributed by atoms with Gasteiger partial charge in [-0.1, -0.05) is 30.3 Å². The molecule has 0 saturated carbocycles. The summed E-state index contributed by atoms with van der Waals surface area (Å²) in [6, 6.07) is 12.4. The summed E-state index contributed by atoms with van der Waals surface area (Å²) in [4.78, 5) is 0. The van der Waals surface area contributed by atoms with E-state index in [1.54, 1.807) is 6.92 Å². The van der Waals surface area contributed by atoms with Gasteiger partial charge >= 0.3 is 0 Å². The molecule has 0 aliphatic rings. The van der Waals surface area contributed by atoms with Crippen LogP contribution in [0.4, 0.5) is 5.69 Å². The number of para-hydroxylation sites is 1. The third kappa shape index (κ3) is 3.20. The summed E-state index contributed by atoms with van der Waals surface area (Å²) < 4.78 is 0. The first-order valence-electron chi connectivity index (χ1n) is 7.06. The van der Waals surface area contributed by atoms with Gasteiger partial charge in [-0.25, -0.2) is 0 Å². The van der Waals surface area contributed by atoms with Crippen molar-refractivity contribution in [2.24, 2.45) is 0 Å². The van der Waals surface area contributed by atoms with Crippen LogP contribution in [0.5, 0.6) is 0 Å². The minimum atomic E-state index is -0.459. The van der Waals surface area contributed by atoms with Gasteiger partial charge in [-0.3, -0.25) is 0 Å². The molecule has 2 rings (SSSR count). The van der Waals surface area contributed by atoms with Crippen LogP contribution in [0.25, 0.3) is 0 Å². The van der Waals surface area contributed by atoms with Crippen molar-refractivity contribution in [3.8, 4) is 0 Å². The van der Waals surface area contributed by atoms with E-state index in [1.807, 2.05) is 24.3 Å². The number of anilines is 1. The number of aliphatic hydroxyl groups is 1. The number of aryl methyl sites for hydroxylation is 3. The molecule has 0 bridgehead atoms. The van der Waals surface area contributed by atoms with Crippen molar-refractivity contribution in [2.45, 2.75) is 40.3 Å². The molecule has 0 saturated heterocycles. The van der Waals surface area contributed by atoms with E-state index >= 15 is 0 Å². The second-order valence-corrected chi connectivity index (χ2v) is 5.48. The van der Waals surface area contributed by atoms with Crippen LogP contribution in [0.2, 0.25) is 0 Å². The maximum atomic E-state index is 9.80. The first kappa shape index (κ1) is 14.6. The predicted molar refractivity (Wildman–Crippen MR) is 85.1 cm³/mol. The third-order valence-electron chi connectivity index (χ3n) is 3.83. The van der Waals surface area contributed by atoms with Crippen LogP contribution in [-0.2, 0) is 6.54 Å². The Morgan fingerprint density at radius 3 is 2.35 bits per heavy atom. The Morgan fingerprint density at radius 2 is 1.65 bits per heavy atom. The zero-order valence-electron chi connectivity index (χ0n) is 12.7. The highest BCUT2D eigenvalue weighted by atomic mass is 16.3. The average Bonchev–Trinajstić information content (AvgIpc) is 2.41.